The second-order valence-electron chi connectivity index (χ2n) is 6.69. The van der Waals surface area contributed by atoms with Crippen molar-refractivity contribution in [2.45, 2.75) is 52.1 Å². The number of carbonyl (C=O) groups excluding carboxylic acids is 1. The molecule has 1 amide bonds. The lowest BCUT2D eigenvalue weighted by Gasteiger charge is -2.31. The van der Waals surface area contributed by atoms with Gasteiger partial charge in [-0.1, -0.05) is 44.2 Å². The van der Waals surface area contributed by atoms with E-state index in [9.17, 15) is 4.79 Å². The van der Waals surface area contributed by atoms with Crippen molar-refractivity contribution >= 4 is 5.91 Å². The molecule has 1 aromatic rings. The first-order valence-corrected chi connectivity index (χ1v) is 8.64. The van der Waals surface area contributed by atoms with Gasteiger partial charge in [0.05, 0.1) is 6.04 Å². The second-order valence-corrected chi connectivity index (χ2v) is 6.69. The predicted molar refractivity (Wildman–Crippen MR) is 91.6 cm³/mol. The lowest BCUT2D eigenvalue weighted by Crippen LogP contribution is -2.47. The van der Waals surface area contributed by atoms with Crippen LogP contribution in [0, 0.1) is 5.92 Å². The van der Waals surface area contributed by atoms with E-state index in [0.29, 0.717) is 5.91 Å². The molecule has 1 aliphatic heterocycles. The molecule has 0 aromatic heterocycles. The minimum absolute atomic E-state index is 0.00591. The quantitative estimate of drug-likeness (QED) is 0.830. The van der Waals surface area contributed by atoms with Gasteiger partial charge >= 0.3 is 0 Å². The third-order valence-corrected chi connectivity index (χ3v) is 4.81. The highest BCUT2D eigenvalue weighted by atomic mass is 16.2. The van der Waals surface area contributed by atoms with Gasteiger partial charge < -0.3 is 4.90 Å². The van der Waals surface area contributed by atoms with Crippen molar-refractivity contribution in [3.05, 3.63) is 35.9 Å². The van der Waals surface area contributed by atoms with Crippen LogP contribution in [-0.2, 0) is 11.3 Å². The van der Waals surface area contributed by atoms with Crippen molar-refractivity contribution in [3.8, 4) is 0 Å². The van der Waals surface area contributed by atoms with Crippen molar-refractivity contribution in [2.75, 3.05) is 20.1 Å². The van der Waals surface area contributed by atoms with Gasteiger partial charge in [-0.25, -0.2) is 0 Å². The maximum atomic E-state index is 12.9. The SMILES string of the molecule is CC[C@H](C(=O)N1CCC[C@H](C)CC1)N(C)Cc1ccccc1. The number of hydrogen-bond acceptors (Lipinski definition) is 2. The number of amides is 1. The van der Waals surface area contributed by atoms with Gasteiger partial charge in [0.1, 0.15) is 0 Å². The Labute approximate surface area is 135 Å². The Morgan fingerprint density at radius 2 is 2.00 bits per heavy atom. The van der Waals surface area contributed by atoms with Crippen molar-refractivity contribution in [1.82, 2.24) is 9.80 Å². The van der Waals surface area contributed by atoms with Gasteiger partial charge in [0.15, 0.2) is 0 Å². The van der Waals surface area contributed by atoms with Gasteiger partial charge in [-0.15, -0.1) is 0 Å². The Morgan fingerprint density at radius 3 is 2.68 bits per heavy atom. The van der Waals surface area contributed by atoms with Gasteiger partial charge in [0, 0.05) is 19.6 Å². The molecular formula is C19H30N2O. The van der Waals surface area contributed by atoms with Crippen LogP contribution in [0.5, 0.6) is 0 Å². The normalized spacial score (nSPS) is 20.7. The van der Waals surface area contributed by atoms with Crippen LogP contribution in [0.2, 0.25) is 0 Å². The van der Waals surface area contributed by atoms with E-state index >= 15 is 0 Å². The smallest absolute Gasteiger partial charge is 0.239 e. The summed E-state index contributed by atoms with van der Waals surface area (Å²) in [5.41, 5.74) is 1.26. The number of carbonyl (C=O) groups is 1. The number of benzene rings is 1. The molecule has 0 spiro atoms. The van der Waals surface area contributed by atoms with E-state index in [4.69, 9.17) is 0 Å². The zero-order chi connectivity index (χ0) is 15.9. The van der Waals surface area contributed by atoms with Crippen LogP contribution in [0.15, 0.2) is 30.3 Å². The van der Waals surface area contributed by atoms with E-state index in [1.807, 2.05) is 6.07 Å². The van der Waals surface area contributed by atoms with Crippen molar-refractivity contribution in [2.24, 2.45) is 5.92 Å². The Kier molecular flexibility index (Phi) is 6.44. The molecule has 0 saturated carbocycles. The Hall–Kier alpha value is -1.35. The Morgan fingerprint density at radius 1 is 1.27 bits per heavy atom. The summed E-state index contributed by atoms with van der Waals surface area (Å²) in [7, 11) is 2.07. The first kappa shape index (κ1) is 17.0. The zero-order valence-electron chi connectivity index (χ0n) is 14.3. The molecule has 2 atom stereocenters. The molecule has 2 rings (SSSR count). The third kappa shape index (κ3) is 4.57. The number of hydrogen-bond donors (Lipinski definition) is 0. The van der Waals surface area contributed by atoms with Gasteiger partial charge in [-0.05, 0) is 44.2 Å². The molecule has 0 N–H and O–H groups in total. The Bertz CT molecular complexity index is 460. The molecule has 122 valence electrons. The maximum absolute atomic E-state index is 12.9. The predicted octanol–water partition coefficient (Wildman–Crippen LogP) is 3.55. The molecule has 0 radical (unpaired) electrons. The molecule has 0 aliphatic carbocycles. The summed E-state index contributed by atoms with van der Waals surface area (Å²) in [5.74, 6) is 1.06. The van der Waals surface area contributed by atoms with Crippen LogP contribution in [-0.4, -0.2) is 41.9 Å². The van der Waals surface area contributed by atoms with Crippen molar-refractivity contribution < 1.29 is 4.79 Å². The molecule has 1 aliphatic rings. The van der Waals surface area contributed by atoms with Gasteiger partial charge in [0.25, 0.3) is 0 Å². The van der Waals surface area contributed by atoms with E-state index in [0.717, 1.165) is 44.8 Å². The van der Waals surface area contributed by atoms with Crippen molar-refractivity contribution in [1.29, 1.82) is 0 Å². The average molecular weight is 302 g/mol. The van der Waals surface area contributed by atoms with Crippen molar-refractivity contribution in [3.63, 3.8) is 0 Å². The summed E-state index contributed by atoms with van der Waals surface area (Å²) in [6.07, 6.45) is 4.41. The largest absolute Gasteiger partial charge is 0.341 e. The number of nitrogens with zero attached hydrogens (tertiary/aromatic N) is 2. The Balaban J connectivity index is 1.98. The molecule has 1 heterocycles. The lowest BCUT2D eigenvalue weighted by molar-refractivity contribution is -0.136. The highest BCUT2D eigenvalue weighted by molar-refractivity contribution is 5.81. The first-order chi connectivity index (χ1) is 10.6. The highest BCUT2D eigenvalue weighted by Gasteiger charge is 2.27. The van der Waals surface area contributed by atoms with E-state index < -0.39 is 0 Å². The average Bonchev–Trinajstić information content (AvgIpc) is 2.73. The summed E-state index contributed by atoms with van der Waals surface area (Å²) in [5, 5.41) is 0. The molecule has 1 aromatic carbocycles. The summed E-state index contributed by atoms with van der Waals surface area (Å²) >= 11 is 0. The van der Waals surface area contributed by atoms with Crippen LogP contribution in [0.4, 0.5) is 0 Å². The lowest BCUT2D eigenvalue weighted by atomic mass is 10.0. The maximum Gasteiger partial charge on any atom is 0.239 e. The van der Waals surface area contributed by atoms with Crippen LogP contribution in [0.3, 0.4) is 0 Å². The van der Waals surface area contributed by atoms with Crippen LogP contribution < -0.4 is 0 Å². The second kappa shape index (κ2) is 8.33. The minimum atomic E-state index is -0.00591. The standard InChI is InChI=1S/C19H30N2O/c1-4-18(20(3)15-17-10-6-5-7-11-17)19(22)21-13-8-9-16(2)12-14-21/h5-7,10-11,16,18H,4,8-9,12-15H2,1-3H3/t16-,18+/m0/s1. The monoisotopic (exact) mass is 302 g/mol. The first-order valence-electron chi connectivity index (χ1n) is 8.64. The number of likely N-dealkylation sites (N-methyl/N-ethyl adjacent to an activating group) is 1. The van der Waals surface area contributed by atoms with Gasteiger partial charge in [-0.2, -0.15) is 0 Å². The summed E-state index contributed by atoms with van der Waals surface area (Å²) < 4.78 is 0. The summed E-state index contributed by atoms with van der Waals surface area (Å²) in [6, 6.07) is 10.4. The van der Waals surface area contributed by atoms with Crippen LogP contribution >= 0.6 is 0 Å². The van der Waals surface area contributed by atoms with Crippen LogP contribution in [0.1, 0.15) is 45.1 Å². The molecule has 0 bridgehead atoms. The molecule has 22 heavy (non-hydrogen) atoms. The fourth-order valence-electron chi connectivity index (χ4n) is 3.35. The van der Waals surface area contributed by atoms with E-state index in [2.05, 4.69) is 55.0 Å². The summed E-state index contributed by atoms with van der Waals surface area (Å²) in [4.78, 5) is 17.2. The zero-order valence-corrected chi connectivity index (χ0v) is 14.3. The molecule has 1 fully saturated rings. The molecule has 3 nitrogen and oxygen atoms in total. The fraction of sp³-hybridized carbons (Fsp3) is 0.632. The molecule has 0 unspecified atom stereocenters. The highest BCUT2D eigenvalue weighted by Crippen LogP contribution is 2.19. The van der Waals surface area contributed by atoms with Gasteiger partial charge in [-0.3, -0.25) is 9.69 Å². The summed E-state index contributed by atoms with van der Waals surface area (Å²) in [6.45, 7) is 7.10. The molecule has 3 heteroatoms. The van der Waals surface area contributed by atoms with E-state index in [-0.39, 0.29) is 6.04 Å². The molecule has 1 saturated heterocycles. The fourth-order valence-corrected chi connectivity index (χ4v) is 3.35. The third-order valence-electron chi connectivity index (χ3n) is 4.81. The minimum Gasteiger partial charge on any atom is -0.341 e. The number of rotatable bonds is 5. The molecular weight excluding hydrogens is 272 g/mol. The number of likely N-dealkylation sites (tertiary alicyclic amines) is 1. The van der Waals surface area contributed by atoms with E-state index in [1.165, 1.54) is 12.0 Å². The van der Waals surface area contributed by atoms with Gasteiger partial charge in [0.2, 0.25) is 5.91 Å². The topological polar surface area (TPSA) is 23.6 Å². The van der Waals surface area contributed by atoms with Crippen LogP contribution in [0.25, 0.3) is 0 Å². The van der Waals surface area contributed by atoms with E-state index in [1.54, 1.807) is 0 Å².